The van der Waals surface area contributed by atoms with Crippen LogP contribution in [0.3, 0.4) is 0 Å². The molecule has 1 spiro atoms. The number of nitrogens with one attached hydrogen (secondary N) is 1. The van der Waals surface area contributed by atoms with Crippen LogP contribution in [-0.4, -0.2) is 42.4 Å². The van der Waals surface area contributed by atoms with Crippen molar-refractivity contribution in [2.24, 2.45) is 10.7 Å². The Hall–Kier alpha value is -1.10. The Morgan fingerprint density at radius 2 is 2.46 bits per heavy atom. The molecule has 0 aromatic carbocycles. The Morgan fingerprint density at radius 1 is 1.69 bits per heavy atom. The number of hydrogen-bond acceptors (Lipinski definition) is 4. The number of hydrogen-bond donors (Lipinski definition) is 2. The predicted molar refractivity (Wildman–Crippen MR) is 49.2 cm³/mol. The van der Waals surface area contributed by atoms with Gasteiger partial charge >= 0.3 is 0 Å². The lowest BCUT2D eigenvalue weighted by atomic mass is 9.90. The molecule has 0 aliphatic carbocycles. The number of carbonyl (C=O) groups excluding carboxylic acids is 1. The third-order valence-corrected chi connectivity index (χ3v) is 2.66. The largest absolute Gasteiger partial charge is 0.370 e. The summed E-state index contributed by atoms with van der Waals surface area (Å²) in [6.07, 6.45) is 1.81. The van der Waals surface area contributed by atoms with Crippen molar-refractivity contribution in [2.75, 3.05) is 20.1 Å². The zero-order valence-electron chi connectivity index (χ0n) is 7.71. The van der Waals surface area contributed by atoms with E-state index in [2.05, 4.69) is 15.2 Å². The average Bonchev–Trinajstić information content (AvgIpc) is 2.26. The maximum absolute atomic E-state index is 11.6. The second-order valence-corrected chi connectivity index (χ2v) is 3.82. The molecule has 2 aliphatic rings. The number of nitrogens with zero attached hydrogens (tertiary/aromatic N) is 2. The molecular weight excluding hydrogens is 168 g/mol. The summed E-state index contributed by atoms with van der Waals surface area (Å²) in [6.45, 7) is 1.71. The smallest absolute Gasteiger partial charge is 0.256 e. The maximum Gasteiger partial charge on any atom is 0.256 e. The molecule has 0 aromatic rings. The van der Waals surface area contributed by atoms with Crippen molar-refractivity contribution in [3.63, 3.8) is 0 Å². The van der Waals surface area contributed by atoms with Crippen molar-refractivity contribution < 1.29 is 4.79 Å². The molecule has 2 rings (SSSR count). The summed E-state index contributed by atoms with van der Waals surface area (Å²) >= 11 is 0. The van der Waals surface area contributed by atoms with Gasteiger partial charge < -0.3 is 10.6 Å². The summed E-state index contributed by atoms with van der Waals surface area (Å²) in [7, 11) is 2.00. The molecule has 0 aromatic heterocycles. The molecule has 0 radical (unpaired) electrons. The monoisotopic (exact) mass is 182 g/mol. The molecular formula is C8H14N4O. The van der Waals surface area contributed by atoms with Crippen LogP contribution in [0.5, 0.6) is 0 Å². The number of likely N-dealkylation sites (N-methyl/N-ethyl adjacent to an activating group) is 1. The van der Waals surface area contributed by atoms with Crippen LogP contribution >= 0.6 is 0 Å². The molecule has 13 heavy (non-hydrogen) atoms. The lowest BCUT2D eigenvalue weighted by Gasteiger charge is -2.33. The van der Waals surface area contributed by atoms with Gasteiger partial charge in [0.25, 0.3) is 5.91 Å². The molecule has 2 aliphatic heterocycles. The van der Waals surface area contributed by atoms with E-state index in [0.29, 0.717) is 6.54 Å². The second kappa shape index (κ2) is 2.70. The fourth-order valence-electron chi connectivity index (χ4n) is 2.06. The quantitative estimate of drug-likeness (QED) is 0.499. The first kappa shape index (κ1) is 8.50. The third-order valence-electron chi connectivity index (χ3n) is 2.66. The van der Waals surface area contributed by atoms with E-state index in [1.165, 1.54) is 0 Å². The average molecular weight is 182 g/mol. The standard InChI is InChI=1S/C8H14N4O/c1-12-4-2-3-8(5-12)6(13)10-7(9)11-8/h2-5H2,1H3,(H3,9,10,11,13). The van der Waals surface area contributed by atoms with Gasteiger partial charge in [-0.15, -0.1) is 0 Å². The Kier molecular flexibility index (Phi) is 1.76. The highest BCUT2D eigenvalue weighted by atomic mass is 16.2. The van der Waals surface area contributed by atoms with Crippen LogP contribution in [0.1, 0.15) is 12.8 Å². The molecule has 1 amide bonds. The van der Waals surface area contributed by atoms with Crippen molar-refractivity contribution in [1.29, 1.82) is 0 Å². The first-order valence-corrected chi connectivity index (χ1v) is 4.48. The van der Waals surface area contributed by atoms with Crippen LogP contribution < -0.4 is 11.1 Å². The zero-order chi connectivity index (χ0) is 9.47. The number of carbonyl (C=O) groups is 1. The van der Waals surface area contributed by atoms with Crippen LogP contribution in [0.15, 0.2) is 4.99 Å². The molecule has 1 unspecified atom stereocenters. The van der Waals surface area contributed by atoms with Gasteiger partial charge in [-0.1, -0.05) is 0 Å². The number of nitrogens with two attached hydrogens (primary N) is 1. The molecule has 1 saturated heterocycles. The summed E-state index contributed by atoms with van der Waals surface area (Å²) in [5, 5.41) is 2.56. The summed E-state index contributed by atoms with van der Waals surface area (Å²) in [6, 6.07) is 0. The van der Waals surface area contributed by atoms with Crippen molar-refractivity contribution in [1.82, 2.24) is 10.2 Å². The van der Waals surface area contributed by atoms with Gasteiger partial charge in [-0.05, 0) is 26.4 Å². The summed E-state index contributed by atoms with van der Waals surface area (Å²) < 4.78 is 0. The van der Waals surface area contributed by atoms with E-state index in [0.717, 1.165) is 19.4 Å². The van der Waals surface area contributed by atoms with Crippen molar-refractivity contribution in [2.45, 2.75) is 18.4 Å². The van der Waals surface area contributed by atoms with Gasteiger partial charge in [0.2, 0.25) is 0 Å². The van der Waals surface area contributed by atoms with Crippen LogP contribution in [0, 0.1) is 0 Å². The van der Waals surface area contributed by atoms with Crippen LogP contribution in [-0.2, 0) is 4.79 Å². The van der Waals surface area contributed by atoms with E-state index in [1.54, 1.807) is 0 Å². The second-order valence-electron chi connectivity index (χ2n) is 3.82. The third kappa shape index (κ3) is 1.29. The topological polar surface area (TPSA) is 70.7 Å². The van der Waals surface area contributed by atoms with Gasteiger partial charge in [-0.25, -0.2) is 4.99 Å². The molecule has 3 N–H and O–H groups in total. The molecule has 2 heterocycles. The van der Waals surface area contributed by atoms with Gasteiger partial charge in [0.1, 0.15) is 0 Å². The normalized spacial score (nSPS) is 34.8. The minimum atomic E-state index is -0.586. The zero-order valence-corrected chi connectivity index (χ0v) is 7.71. The summed E-state index contributed by atoms with van der Waals surface area (Å²) in [5.74, 6) is 0.219. The number of piperidine rings is 1. The van der Waals surface area contributed by atoms with Gasteiger partial charge in [-0.3, -0.25) is 10.1 Å². The molecule has 1 atom stereocenters. The molecule has 5 nitrogen and oxygen atoms in total. The van der Waals surface area contributed by atoms with Gasteiger partial charge in [-0.2, -0.15) is 0 Å². The van der Waals surface area contributed by atoms with E-state index in [9.17, 15) is 4.79 Å². The van der Waals surface area contributed by atoms with Crippen LogP contribution in [0.25, 0.3) is 0 Å². The lowest BCUT2D eigenvalue weighted by molar-refractivity contribution is -0.125. The first-order chi connectivity index (χ1) is 6.12. The highest BCUT2D eigenvalue weighted by molar-refractivity contribution is 6.06. The van der Waals surface area contributed by atoms with E-state index >= 15 is 0 Å². The van der Waals surface area contributed by atoms with E-state index in [1.807, 2.05) is 7.05 Å². The van der Waals surface area contributed by atoms with E-state index in [-0.39, 0.29) is 11.9 Å². The summed E-state index contributed by atoms with van der Waals surface area (Å²) in [5.41, 5.74) is 4.89. The Bertz CT molecular complexity index is 275. The van der Waals surface area contributed by atoms with Crippen LogP contribution in [0.2, 0.25) is 0 Å². The lowest BCUT2D eigenvalue weighted by Crippen LogP contribution is -2.51. The Morgan fingerprint density at radius 3 is 3.00 bits per heavy atom. The molecule has 5 heteroatoms. The van der Waals surface area contributed by atoms with Crippen LogP contribution in [0.4, 0.5) is 0 Å². The molecule has 72 valence electrons. The number of rotatable bonds is 0. The number of guanidine groups is 1. The first-order valence-electron chi connectivity index (χ1n) is 4.48. The van der Waals surface area contributed by atoms with E-state index < -0.39 is 5.54 Å². The SMILES string of the molecule is CN1CCCC2(C1)N=C(N)NC2=O. The fourth-order valence-corrected chi connectivity index (χ4v) is 2.06. The Balaban J connectivity index is 2.23. The predicted octanol–water partition coefficient (Wildman–Crippen LogP) is -1.10. The van der Waals surface area contributed by atoms with Crippen molar-refractivity contribution >= 4 is 11.9 Å². The molecule has 1 fully saturated rings. The van der Waals surface area contributed by atoms with Gasteiger partial charge in [0, 0.05) is 6.54 Å². The van der Waals surface area contributed by atoms with Gasteiger partial charge in [0.05, 0.1) is 0 Å². The molecule has 0 saturated carbocycles. The summed E-state index contributed by atoms with van der Waals surface area (Å²) in [4.78, 5) is 17.9. The highest BCUT2D eigenvalue weighted by Crippen LogP contribution is 2.27. The number of amides is 1. The minimum absolute atomic E-state index is 0.0449. The number of likely N-dealkylation sites (tertiary alicyclic amines) is 1. The van der Waals surface area contributed by atoms with Gasteiger partial charge in [0.15, 0.2) is 11.5 Å². The fraction of sp³-hybridized carbons (Fsp3) is 0.750. The van der Waals surface area contributed by atoms with Crippen molar-refractivity contribution in [3.05, 3.63) is 0 Å². The number of aliphatic imine (C=N–C) groups is 1. The highest BCUT2D eigenvalue weighted by Gasteiger charge is 2.45. The minimum Gasteiger partial charge on any atom is -0.370 e. The van der Waals surface area contributed by atoms with Crippen molar-refractivity contribution in [3.8, 4) is 0 Å². The molecule has 0 bridgehead atoms. The maximum atomic E-state index is 11.6. The van der Waals surface area contributed by atoms with E-state index in [4.69, 9.17) is 5.73 Å². The Labute approximate surface area is 77.0 Å².